The van der Waals surface area contributed by atoms with Crippen LogP contribution in [0.3, 0.4) is 0 Å². The molecule has 0 amide bonds. The van der Waals surface area contributed by atoms with Gasteiger partial charge in [-0.25, -0.2) is 12.7 Å². The molecule has 1 aromatic heterocycles. The molecule has 3 rings (SSSR count). The number of rotatable bonds is 4. The van der Waals surface area contributed by atoms with Gasteiger partial charge in [-0.3, -0.25) is 0 Å². The molecule has 0 unspecified atom stereocenters. The van der Waals surface area contributed by atoms with Crippen molar-refractivity contribution in [2.75, 3.05) is 14.1 Å². The number of aryl methyl sites for hydroxylation is 1. The molecule has 1 heterocycles. The Morgan fingerprint density at radius 2 is 1.54 bits per heavy atom. The highest BCUT2D eigenvalue weighted by molar-refractivity contribution is 7.89. The fourth-order valence-electron chi connectivity index (χ4n) is 2.24. The van der Waals surface area contributed by atoms with Gasteiger partial charge >= 0.3 is 0 Å². The molecule has 0 spiro atoms. The van der Waals surface area contributed by atoms with E-state index in [-0.39, 0.29) is 10.8 Å². The fraction of sp³-hybridized carbons (Fsp3) is 0.176. The maximum Gasteiger partial charge on any atom is 0.248 e. The minimum atomic E-state index is -3.54. The molecule has 0 saturated carbocycles. The van der Waals surface area contributed by atoms with E-state index in [0.717, 1.165) is 5.56 Å². The molecule has 3 aromatic rings. The van der Waals surface area contributed by atoms with E-state index in [1.54, 1.807) is 25.1 Å². The predicted molar refractivity (Wildman–Crippen MR) is 90.8 cm³/mol. The molecule has 0 aliphatic heterocycles. The third-order valence-corrected chi connectivity index (χ3v) is 5.60. The van der Waals surface area contributed by atoms with Gasteiger partial charge < -0.3 is 4.42 Å². The molecular weight excluding hydrogens is 326 g/mol. The lowest BCUT2D eigenvalue weighted by Gasteiger charge is -2.14. The van der Waals surface area contributed by atoms with Crippen molar-refractivity contribution in [3.63, 3.8) is 0 Å². The topological polar surface area (TPSA) is 76.3 Å². The Hall–Kier alpha value is -2.51. The first kappa shape index (κ1) is 16.4. The van der Waals surface area contributed by atoms with E-state index in [2.05, 4.69) is 10.2 Å². The van der Waals surface area contributed by atoms with Gasteiger partial charge in [0.15, 0.2) is 0 Å². The van der Waals surface area contributed by atoms with Crippen LogP contribution in [0, 0.1) is 6.92 Å². The Bertz CT molecular complexity index is 964. The SMILES string of the molecule is Cc1ccc(-c2nnc(-c3ccccc3)o2)cc1S(=O)(=O)N(C)C. The number of aromatic nitrogens is 2. The van der Waals surface area contributed by atoms with Crippen LogP contribution in [0.5, 0.6) is 0 Å². The second-order valence-corrected chi connectivity index (χ2v) is 7.67. The summed E-state index contributed by atoms with van der Waals surface area (Å²) in [5.41, 5.74) is 2.04. The second-order valence-electron chi connectivity index (χ2n) is 5.55. The summed E-state index contributed by atoms with van der Waals surface area (Å²) >= 11 is 0. The van der Waals surface area contributed by atoms with Crippen molar-refractivity contribution in [1.82, 2.24) is 14.5 Å². The summed E-state index contributed by atoms with van der Waals surface area (Å²) in [6.45, 7) is 1.75. The molecule has 0 aliphatic carbocycles. The largest absolute Gasteiger partial charge is 0.416 e. The molecule has 0 fully saturated rings. The molecule has 0 saturated heterocycles. The highest BCUT2D eigenvalue weighted by Gasteiger charge is 2.21. The van der Waals surface area contributed by atoms with Crippen molar-refractivity contribution >= 4 is 10.0 Å². The van der Waals surface area contributed by atoms with Gasteiger partial charge in [-0.1, -0.05) is 24.3 Å². The molecule has 124 valence electrons. The summed E-state index contributed by atoms with van der Waals surface area (Å²) < 4.78 is 31.7. The van der Waals surface area contributed by atoms with E-state index < -0.39 is 10.0 Å². The standard InChI is InChI=1S/C17H17N3O3S/c1-12-9-10-14(11-15(12)24(21,22)20(2)3)17-19-18-16(23-17)13-7-5-4-6-8-13/h4-11H,1-3H3. The van der Waals surface area contributed by atoms with Gasteiger partial charge in [-0.05, 0) is 36.8 Å². The molecule has 24 heavy (non-hydrogen) atoms. The van der Waals surface area contributed by atoms with Crippen LogP contribution in [0.4, 0.5) is 0 Å². The van der Waals surface area contributed by atoms with Crippen LogP contribution < -0.4 is 0 Å². The maximum atomic E-state index is 12.4. The molecular formula is C17H17N3O3S. The third kappa shape index (κ3) is 2.95. The Morgan fingerprint density at radius 1 is 0.917 bits per heavy atom. The zero-order valence-electron chi connectivity index (χ0n) is 13.6. The summed E-state index contributed by atoms with van der Waals surface area (Å²) in [5.74, 6) is 0.673. The van der Waals surface area contributed by atoms with E-state index >= 15 is 0 Å². The molecule has 7 heteroatoms. The quantitative estimate of drug-likeness (QED) is 0.728. The Balaban J connectivity index is 2.04. The first-order chi connectivity index (χ1) is 11.4. The molecule has 0 aliphatic rings. The monoisotopic (exact) mass is 343 g/mol. The third-order valence-electron chi connectivity index (χ3n) is 3.64. The summed E-state index contributed by atoms with van der Waals surface area (Å²) in [6.07, 6.45) is 0. The first-order valence-electron chi connectivity index (χ1n) is 7.32. The van der Waals surface area contributed by atoms with Gasteiger partial charge in [0.1, 0.15) is 0 Å². The van der Waals surface area contributed by atoms with E-state index in [4.69, 9.17) is 4.42 Å². The summed E-state index contributed by atoms with van der Waals surface area (Å²) in [4.78, 5) is 0.226. The van der Waals surface area contributed by atoms with Gasteiger partial charge in [0.25, 0.3) is 0 Å². The summed E-state index contributed by atoms with van der Waals surface area (Å²) in [5, 5.41) is 8.07. The number of sulfonamides is 1. The lowest BCUT2D eigenvalue weighted by atomic mass is 10.1. The minimum Gasteiger partial charge on any atom is -0.416 e. The Morgan fingerprint density at radius 3 is 2.17 bits per heavy atom. The van der Waals surface area contributed by atoms with Gasteiger partial charge in [-0.2, -0.15) is 0 Å². The maximum absolute atomic E-state index is 12.4. The minimum absolute atomic E-state index is 0.226. The molecule has 0 atom stereocenters. The Labute approximate surface area is 140 Å². The predicted octanol–water partition coefficient (Wildman–Crippen LogP) is 2.96. The first-order valence-corrected chi connectivity index (χ1v) is 8.76. The van der Waals surface area contributed by atoms with Gasteiger partial charge in [-0.15, -0.1) is 10.2 Å². The van der Waals surface area contributed by atoms with Crippen LogP contribution >= 0.6 is 0 Å². The van der Waals surface area contributed by atoms with Crippen molar-refractivity contribution in [3.8, 4) is 22.9 Å². The average molecular weight is 343 g/mol. The fourth-order valence-corrected chi connectivity index (χ4v) is 3.39. The van der Waals surface area contributed by atoms with Crippen molar-refractivity contribution in [2.24, 2.45) is 0 Å². The molecule has 0 radical (unpaired) electrons. The van der Waals surface area contributed by atoms with Crippen molar-refractivity contribution in [1.29, 1.82) is 0 Å². The molecule has 6 nitrogen and oxygen atoms in total. The van der Waals surface area contributed by atoms with Gasteiger partial charge in [0.2, 0.25) is 21.8 Å². The van der Waals surface area contributed by atoms with Gasteiger partial charge in [0.05, 0.1) is 4.90 Å². The Kier molecular flexibility index (Phi) is 4.21. The van der Waals surface area contributed by atoms with Crippen LogP contribution in [0.25, 0.3) is 22.9 Å². The zero-order valence-corrected chi connectivity index (χ0v) is 14.4. The van der Waals surface area contributed by atoms with Crippen LogP contribution in [0.1, 0.15) is 5.56 Å². The zero-order chi connectivity index (χ0) is 17.3. The molecule has 2 aromatic carbocycles. The molecule has 0 bridgehead atoms. The van der Waals surface area contributed by atoms with Crippen molar-refractivity contribution in [2.45, 2.75) is 11.8 Å². The van der Waals surface area contributed by atoms with Crippen LogP contribution in [-0.4, -0.2) is 37.0 Å². The summed E-state index contributed by atoms with van der Waals surface area (Å²) in [6, 6.07) is 14.5. The van der Waals surface area contributed by atoms with Gasteiger partial charge in [0, 0.05) is 25.2 Å². The van der Waals surface area contributed by atoms with Crippen molar-refractivity contribution in [3.05, 3.63) is 54.1 Å². The van der Waals surface area contributed by atoms with Crippen LogP contribution in [-0.2, 0) is 10.0 Å². The van der Waals surface area contributed by atoms with Crippen LogP contribution in [0.2, 0.25) is 0 Å². The average Bonchev–Trinajstić information content (AvgIpc) is 3.06. The smallest absolute Gasteiger partial charge is 0.248 e. The normalized spacial score (nSPS) is 11.8. The van der Waals surface area contributed by atoms with E-state index in [0.29, 0.717) is 17.0 Å². The second kappa shape index (κ2) is 6.18. The highest BCUT2D eigenvalue weighted by atomic mass is 32.2. The van der Waals surface area contributed by atoms with E-state index in [1.807, 2.05) is 30.3 Å². The number of hydrogen-bond acceptors (Lipinski definition) is 5. The number of nitrogens with zero attached hydrogens (tertiary/aromatic N) is 3. The van der Waals surface area contributed by atoms with Crippen molar-refractivity contribution < 1.29 is 12.8 Å². The lowest BCUT2D eigenvalue weighted by Crippen LogP contribution is -2.23. The van der Waals surface area contributed by atoms with E-state index in [1.165, 1.54) is 18.4 Å². The summed E-state index contributed by atoms with van der Waals surface area (Å²) in [7, 11) is -0.537. The van der Waals surface area contributed by atoms with E-state index in [9.17, 15) is 8.42 Å². The lowest BCUT2D eigenvalue weighted by molar-refractivity contribution is 0.520. The number of hydrogen-bond donors (Lipinski definition) is 0. The number of benzene rings is 2. The molecule has 0 N–H and O–H groups in total. The highest BCUT2D eigenvalue weighted by Crippen LogP contribution is 2.27. The van der Waals surface area contributed by atoms with Crippen LogP contribution in [0.15, 0.2) is 57.8 Å².